The Balaban J connectivity index is 3.56. The zero-order valence-corrected chi connectivity index (χ0v) is 9.45. The summed E-state index contributed by atoms with van der Waals surface area (Å²) in [4.78, 5) is -0.113. The Bertz CT molecular complexity index is 446. The third kappa shape index (κ3) is 2.34. The summed E-state index contributed by atoms with van der Waals surface area (Å²) in [5.74, 6) is 0. The lowest BCUT2D eigenvalue weighted by molar-refractivity contribution is 0.597. The van der Waals surface area contributed by atoms with Crippen molar-refractivity contribution in [2.24, 2.45) is 5.14 Å². The Morgan fingerprint density at radius 3 is 2.38 bits per heavy atom. The molecule has 0 bridgehead atoms. The van der Waals surface area contributed by atoms with Gasteiger partial charge in [0.25, 0.3) is 0 Å². The summed E-state index contributed by atoms with van der Waals surface area (Å²) in [6, 6.07) is 2.67. The van der Waals surface area contributed by atoms with Crippen molar-refractivity contribution >= 4 is 43.2 Å². The van der Waals surface area contributed by atoms with Crippen molar-refractivity contribution in [2.75, 3.05) is 5.73 Å². The predicted molar refractivity (Wildman–Crippen MR) is 54.9 cm³/mol. The van der Waals surface area contributed by atoms with E-state index in [4.69, 9.17) is 22.5 Å². The minimum atomic E-state index is -3.79. The quantitative estimate of drug-likeness (QED) is 0.763. The number of primary sulfonamides is 1. The summed E-state index contributed by atoms with van der Waals surface area (Å²) in [7, 11) is -3.79. The predicted octanol–water partition coefficient (Wildman–Crippen LogP) is 1.33. The minimum absolute atomic E-state index is 0.113. The first-order chi connectivity index (χ1) is 5.82. The topological polar surface area (TPSA) is 86.2 Å². The van der Waals surface area contributed by atoms with Crippen LogP contribution in [-0.4, -0.2) is 8.42 Å². The van der Waals surface area contributed by atoms with Gasteiger partial charge in [0.1, 0.15) is 0 Å². The van der Waals surface area contributed by atoms with Crippen LogP contribution in [0, 0.1) is 0 Å². The molecule has 0 aromatic heterocycles. The van der Waals surface area contributed by atoms with Crippen LogP contribution in [0.5, 0.6) is 0 Å². The molecule has 0 fully saturated rings. The van der Waals surface area contributed by atoms with Crippen LogP contribution in [0.4, 0.5) is 5.69 Å². The largest absolute Gasteiger partial charge is 0.399 e. The molecule has 0 aliphatic heterocycles. The first-order valence-electron chi connectivity index (χ1n) is 3.09. The monoisotopic (exact) mass is 284 g/mol. The molecule has 0 spiro atoms. The number of sulfonamides is 1. The van der Waals surface area contributed by atoms with E-state index >= 15 is 0 Å². The smallest absolute Gasteiger partial charge is 0.239 e. The van der Waals surface area contributed by atoms with Gasteiger partial charge < -0.3 is 5.73 Å². The second kappa shape index (κ2) is 3.45. The van der Waals surface area contributed by atoms with E-state index in [0.717, 1.165) is 0 Å². The minimum Gasteiger partial charge on any atom is -0.399 e. The van der Waals surface area contributed by atoms with Gasteiger partial charge >= 0.3 is 0 Å². The summed E-state index contributed by atoms with van der Waals surface area (Å²) in [5, 5.41) is 5.14. The fraction of sp³-hybridized carbons (Fsp3) is 0. The molecule has 0 amide bonds. The van der Waals surface area contributed by atoms with Crippen molar-refractivity contribution in [2.45, 2.75) is 4.90 Å². The van der Waals surface area contributed by atoms with E-state index in [2.05, 4.69) is 15.9 Å². The highest BCUT2D eigenvalue weighted by Crippen LogP contribution is 2.31. The molecule has 4 N–H and O–H groups in total. The van der Waals surface area contributed by atoms with Crippen LogP contribution in [0.25, 0.3) is 0 Å². The first kappa shape index (κ1) is 10.8. The van der Waals surface area contributed by atoms with Crippen LogP contribution < -0.4 is 10.9 Å². The van der Waals surface area contributed by atoms with Crippen molar-refractivity contribution < 1.29 is 8.42 Å². The molecule has 0 aliphatic rings. The molecule has 7 heteroatoms. The third-order valence-electron chi connectivity index (χ3n) is 1.32. The molecule has 1 aromatic carbocycles. The van der Waals surface area contributed by atoms with Gasteiger partial charge in [0, 0.05) is 5.69 Å². The Morgan fingerprint density at radius 1 is 1.38 bits per heavy atom. The molecule has 0 aliphatic carbocycles. The van der Waals surface area contributed by atoms with Gasteiger partial charge in [0.15, 0.2) is 0 Å². The van der Waals surface area contributed by atoms with E-state index in [1.165, 1.54) is 12.1 Å². The van der Waals surface area contributed by atoms with Crippen LogP contribution in [-0.2, 0) is 10.0 Å². The zero-order valence-electron chi connectivity index (χ0n) is 6.29. The van der Waals surface area contributed by atoms with Gasteiger partial charge in [-0.1, -0.05) is 11.6 Å². The van der Waals surface area contributed by atoms with E-state index in [-0.39, 0.29) is 20.1 Å². The Hall–Kier alpha value is -0.300. The SMILES string of the molecule is Nc1cc(Cl)c(Br)c(S(N)(=O)=O)c1. The van der Waals surface area contributed by atoms with Gasteiger partial charge in [-0.15, -0.1) is 0 Å². The summed E-state index contributed by atoms with van der Waals surface area (Å²) in [6.07, 6.45) is 0. The lowest BCUT2D eigenvalue weighted by Gasteiger charge is -2.04. The van der Waals surface area contributed by atoms with Crippen LogP contribution in [0.1, 0.15) is 0 Å². The average Bonchev–Trinajstić information content (AvgIpc) is 1.94. The van der Waals surface area contributed by atoms with Gasteiger partial charge in [-0.05, 0) is 28.1 Å². The maximum Gasteiger partial charge on any atom is 0.239 e. The molecule has 0 saturated heterocycles. The van der Waals surface area contributed by atoms with Crippen molar-refractivity contribution in [3.8, 4) is 0 Å². The molecule has 4 nitrogen and oxygen atoms in total. The lowest BCUT2D eigenvalue weighted by atomic mass is 10.3. The second-order valence-corrected chi connectivity index (χ2v) is 5.09. The Labute approximate surface area is 89.0 Å². The van der Waals surface area contributed by atoms with Gasteiger partial charge in [0.2, 0.25) is 10.0 Å². The number of hydrogen-bond acceptors (Lipinski definition) is 3. The lowest BCUT2D eigenvalue weighted by Crippen LogP contribution is -2.13. The molecule has 13 heavy (non-hydrogen) atoms. The van der Waals surface area contributed by atoms with Gasteiger partial charge in [-0.2, -0.15) is 0 Å². The molecule has 0 atom stereocenters. The van der Waals surface area contributed by atoms with Crippen LogP contribution in [0.2, 0.25) is 5.02 Å². The zero-order chi connectivity index (χ0) is 10.2. The summed E-state index contributed by atoms with van der Waals surface area (Å²) < 4.78 is 22.2. The highest BCUT2D eigenvalue weighted by molar-refractivity contribution is 9.10. The summed E-state index contributed by atoms with van der Waals surface area (Å²) >= 11 is 8.68. The first-order valence-corrected chi connectivity index (χ1v) is 5.81. The van der Waals surface area contributed by atoms with E-state index < -0.39 is 10.0 Å². The van der Waals surface area contributed by atoms with Crippen molar-refractivity contribution in [3.63, 3.8) is 0 Å². The highest BCUT2D eigenvalue weighted by Gasteiger charge is 2.15. The van der Waals surface area contributed by atoms with Gasteiger partial charge in [-0.3, -0.25) is 0 Å². The van der Waals surface area contributed by atoms with Crippen LogP contribution in [0.3, 0.4) is 0 Å². The van der Waals surface area contributed by atoms with Crippen molar-refractivity contribution in [1.82, 2.24) is 0 Å². The maximum absolute atomic E-state index is 11.0. The summed E-state index contributed by atoms with van der Waals surface area (Å²) in [6.45, 7) is 0. The molecule has 1 aromatic rings. The fourth-order valence-corrected chi connectivity index (χ4v) is 2.64. The van der Waals surface area contributed by atoms with Gasteiger partial charge in [-0.25, -0.2) is 13.6 Å². The number of hydrogen-bond donors (Lipinski definition) is 2. The normalized spacial score (nSPS) is 11.6. The molecule has 0 saturated carbocycles. The van der Waals surface area contributed by atoms with Crippen molar-refractivity contribution in [1.29, 1.82) is 0 Å². The molecule has 0 unspecified atom stereocenters. The molecular weight excluding hydrogens is 280 g/mol. The van der Waals surface area contributed by atoms with Crippen molar-refractivity contribution in [3.05, 3.63) is 21.6 Å². The van der Waals surface area contributed by atoms with Crippen LogP contribution >= 0.6 is 27.5 Å². The number of nitrogen functional groups attached to an aromatic ring is 1. The maximum atomic E-state index is 11.0. The molecule has 0 heterocycles. The highest BCUT2D eigenvalue weighted by atomic mass is 79.9. The Kier molecular flexibility index (Phi) is 2.86. The summed E-state index contributed by atoms with van der Waals surface area (Å²) in [5.41, 5.74) is 5.65. The Morgan fingerprint density at radius 2 is 1.92 bits per heavy atom. The number of anilines is 1. The van der Waals surface area contributed by atoms with E-state index in [9.17, 15) is 8.42 Å². The molecular formula is C6H6BrClN2O2S. The molecule has 1 rings (SSSR count). The molecule has 0 radical (unpaired) electrons. The van der Waals surface area contributed by atoms with E-state index in [0.29, 0.717) is 0 Å². The second-order valence-electron chi connectivity index (χ2n) is 2.36. The fourth-order valence-electron chi connectivity index (χ4n) is 0.791. The number of halogens is 2. The van der Waals surface area contributed by atoms with Gasteiger partial charge in [0.05, 0.1) is 14.4 Å². The number of rotatable bonds is 1. The number of benzene rings is 1. The standard InChI is InChI=1S/C6H6BrClN2O2S/c7-6-4(8)1-3(9)2-5(6)13(10,11)12/h1-2H,9H2,(H2,10,11,12). The van der Waals surface area contributed by atoms with E-state index in [1.807, 2.05) is 0 Å². The molecule has 72 valence electrons. The average molecular weight is 286 g/mol. The van der Waals surface area contributed by atoms with Crippen LogP contribution in [0.15, 0.2) is 21.5 Å². The van der Waals surface area contributed by atoms with E-state index in [1.54, 1.807) is 0 Å². The third-order valence-corrected chi connectivity index (χ3v) is 3.90. The number of nitrogens with two attached hydrogens (primary N) is 2.